The number of piperidine rings is 1. The van der Waals surface area contributed by atoms with E-state index in [-0.39, 0.29) is 36.4 Å². The van der Waals surface area contributed by atoms with Crippen LogP contribution in [0.3, 0.4) is 0 Å². The second kappa shape index (κ2) is 5.92. The highest BCUT2D eigenvalue weighted by atomic mass is 16.6. The summed E-state index contributed by atoms with van der Waals surface area (Å²) in [5.41, 5.74) is 0. The topological polar surface area (TPSA) is 70.0 Å². The van der Waals surface area contributed by atoms with Gasteiger partial charge in [-0.05, 0) is 32.3 Å². The molecule has 2 aliphatic rings. The van der Waals surface area contributed by atoms with Gasteiger partial charge in [-0.3, -0.25) is 0 Å². The lowest BCUT2D eigenvalue weighted by molar-refractivity contribution is 0.0168. The van der Waals surface area contributed by atoms with Crippen molar-refractivity contribution >= 4 is 6.09 Å². The van der Waals surface area contributed by atoms with E-state index in [9.17, 15) is 15.0 Å². The summed E-state index contributed by atoms with van der Waals surface area (Å²) in [6, 6.07) is -0.0703. The first-order valence-corrected chi connectivity index (χ1v) is 7.00. The molecule has 2 rings (SSSR count). The molecule has 5 heteroatoms. The Kier molecular flexibility index (Phi) is 4.47. The molecule has 2 N–H and O–H groups in total. The summed E-state index contributed by atoms with van der Waals surface area (Å²) < 4.78 is 5.36. The number of rotatable bonds is 4. The van der Waals surface area contributed by atoms with Crippen molar-refractivity contribution in [1.82, 2.24) is 4.90 Å². The van der Waals surface area contributed by atoms with Crippen LogP contribution >= 0.6 is 0 Å². The molecule has 5 nitrogen and oxygen atoms in total. The molecule has 0 radical (unpaired) electrons. The van der Waals surface area contributed by atoms with Crippen LogP contribution in [0.5, 0.6) is 0 Å². The molecule has 0 spiro atoms. The number of carbonyl (C=O) groups excluding carboxylic acids is 1. The zero-order valence-electron chi connectivity index (χ0n) is 11.5. The van der Waals surface area contributed by atoms with Crippen molar-refractivity contribution in [2.24, 2.45) is 5.92 Å². The van der Waals surface area contributed by atoms with E-state index in [1.165, 1.54) is 0 Å². The molecule has 0 bridgehead atoms. The van der Waals surface area contributed by atoms with E-state index in [1.807, 2.05) is 19.1 Å². The van der Waals surface area contributed by atoms with E-state index in [1.54, 1.807) is 11.8 Å². The lowest BCUT2D eigenvalue weighted by Crippen LogP contribution is -2.50. The quantitative estimate of drug-likeness (QED) is 0.755. The number of aliphatic hydroxyl groups is 2. The summed E-state index contributed by atoms with van der Waals surface area (Å²) in [5, 5.41) is 19.1. The minimum atomic E-state index is -0.371. The van der Waals surface area contributed by atoms with Crippen LogP contribution in [0.1, 0.15) is 33.1 Å². The van der Waals surface area contributed by atoms with Gasteiger partial charge in [0.1, 0.15) is 6.10 Å². The van der Waals surface area contributed by atoms with Gasteiger partial charge in [0, 0.05) is 12.5 Å². The standard InChI is InChI=1S/C14H23NO4/c1-9(16)5-3-4-6-12-13-10(2)11(17)7-8-15(13)14(18)19-12/h4,6,9-13,16-17H,3,5,7-8H2,1-2H3/b6-4+/t9-,10-,11-,12-,13-/m0/s1. The molecule has 0 unspecified atom stereocenters. The summed E-state index contributed by atoms with van der Waals surface area (Å²) in [6.45, 7) is 4.28. The number of cyclic esters (lactones) is 1. The molecule has 0 aromatic carbocycles. The summed E-state index contributed by atoms with van der Waals surface area (Å²) in [7, 11) is 0. The second-order valence-corrected chi connectivity index (χ2v) is 5.60. The largest absolute Gasteiger partial charge is 0.440 e. The fourth-order valence-corrected chi connectivity index (χ4v) is 2.86. The van der Waals surface area contributed by atoms with Crippen LogP contribution in [-0.4, -0.2) is 52.1 Å². The molecule has 5 atom stereocenters. The van der Waals surface area contributed by atoms with Gasteiger partial charge in [-0.2, -0.15) is 0 Å². The van der Waals surface area contributed by atoms with Crippen molar-refractivity contribution in [3.05, 3.63) is 12.2 Å². The van der Waals surface area contributed by atoms with Crippen molar-refractivity contribution in [3.8, 4) is 0 Å². The van der Waals surface area contributed by atoms with Gasteiger partial charge in [-0.15, -0.1) is 0 Å². The van der Waals surface area contributed by atoms with E-state index < -0.39 is 0 Å². The molecule has 19 heavy (non-hydrogen) atoms. The summed E-state index contributed by atoms with van der Waals surface area (Å²) >= 11 is 0. The molecular formula is C14H23NO4. The maximum absolute atomic E-state index is 11.8. The number of ether oxygens (including phenoxy) is 1. The normalized spacial score (nSPS) is 36.4. The van der Waals surface area contributed by atoms with Crippen LogP contribution in [0.4, 0.5) is 4.79 Å². The smallest absolute Gasteiger partial charge is 0.410 e. The molecule has 2 fully saturated rings. The highest BCUT2D eigenvalue weighted by molar-refractivity contribution is 5.71. The van der Waals surface area contributed by atoms with E-state index in [4.69, 9.17) is 4.74 Å². The zero-order chi connectivity index (χ0) is 14.0. The molecule has 2 saturated heterocycles. The highest BCUT2D eigenvalue weighted by Crippen LogP contribution is 2.33. The summed E-state index contributed by atoms with van der Waals surface area (Å²) in [6.07, 6.45) is 4.65. The van der Waals surface area contributed by atoms with E-state index >= 15 is 0 Å². The Morgan fingerprint density at radius 2 is 2.32 bits per heavy atom. The molecule has 1 amide bonds. The number of hydrogen-bond acceptors (Lipinski definition) is 4. The molecular weight excluding hydrogens is 246 g/mol. The lowest BCUT2D eigenvalue weighted by Gasteiger charge is -2.37. The van der Waals surface area contributed by atoms with Crippen molar-refractivity contribution in [2.45, 2.75) is 57.5 Å². The predicted molar refractivity (Wildman–Crippen MR) is 70.6 cm³/mol. The zero-order valence-corrected chi connectivity index (χ0v) is 11.5. The molecule has 0 aromatic heterocycles. The van der Waals surface area contributed by atoms with Gasteiger partial charge >= 0.3 is 6.09 Å². The van der Waals surface area contributed by atoms with Gasteiger partial charge < -0.3 is 19.8 Å². The first-order chi connectivity index (χ1) is 9.00. The fraction of sp³-hybridized carbons (Fsp3) is 0.786. The number of carbonyl (C=O) groups is 1. The SMILES string of the molecule is C[C@@H]1[C@H]2[C@H](/C=C/CC[C@H](C)O)OC(=O)N2CC[C@@H]1O. The Morgan fingerprint density at radius 3 is 3.00 bits per heavy atom. The third-order valence-electron chi connectivity index (χ3n) is 4.06. The van der Waals surface area contributed by atoms with Crippen LogP contribution in [0.2, 0.25) is 0 Å². The van der Waals surface area contributed by atoms with Gasteiger partial charge in [-0.1, -0.05) is 13.0 Å². The molecule has 2 aliphatic heterocycles. The average molecular weight is 269 g/mol. The maximum Gasteiger partial charge on any atom is 0.410 e. The highest BCUT2D eigenvalue weighted by Gasteiger charge is 2.47. The summed E-state index contributed by atoms with van der Waals surface area (Å²) in [5.74, 6) is 0.0200. The van der Waals surface area contributed by atoms with Gasteiger partial charge in [0.15, 0.2) is 0 Å². The van der Waals surface area contributed by atoms with Crippen LogP contribution in [0.25, 0.3) is 0 Å². The third kappa shape index (κ3) is 3.09. The number of hydrogen-bond donors (Lipinski definition) is 2. The van der Waals surface area contributed by atoms with Crippen molar-refractivity contribution in [3.63, 3.8) is 0 Å². The van der Waals surface area contributed by atoms with E-state index in [2.05, 4.69) is 0 Å². The van der Waals surface area contributed by atoms with Crippen LogP contribution in [-0.2, 0) is 4.74 Å². The maximum atomic E-state index is 11.8. The van der Waals surface area contributed by atoms with E-state index in [0.717, 1.165) is 6.42 Å². The van der Waals surface area contributed by atoms with Gasteiger partial charge in [0.2, 0.25) is 0 Å². The Bertz CT molecular complexity index is 355. The minimum absolute atomic E-state index is 0.0200. The third-order valence-corrected chi connectivity index (χ3v) is 4.06. The van der Waals surface area contributed by atoms with Gasteiger partial charge in [-0.25, -0.2) is 4.79 Å². The Balaban J connectivity index is 1.98. The number of allylic oxidation sites excluding steroid dienone is 1. The van der Waals surface area contributed by atoms with Crippen LogP contribution in [0, 0.1) is 5.92 Å². The predicted octanol–water partition coefficient (Wildman–Crippen LogP) is 1.29. The molecule has 108 valence electrons. The Hall–Kier alpha value is -1.07. The van der Waals surface area contributed by atoms with Gasteiger partial charge in [0.05, 0.1) is 18.2 Å². The van der Waals surface area contributed by atoms with Crippen LogP contribution in [0.15, 0.2) is 12.2 Å². The van der Waals surface area contributed by atoms with Crippen molar-refractivity contribution < 1.29 is 19.7 Å². The Morgan fingerprint density at radius 1 is 1.58 bits per heavy atom. The fourth-order valence-electron chi connectivity index (χ4n) is 2.86. The number of amides is 1. The van der Waals surface area contributed by atoms with Crippen molar-refractivity contribution in [1.29, 1.82) is 0 Å². The molecule has 0 aliphatic carbocycles. The first-order valence-electron chi connectivity index (χ1n) is 7.00. The minimum Gasteiger partial charge on any atom is -0.440 e. The lowest BCUT2D eigenvalue weighted by atomic mass is 9.85. The van der Waals surface area contributed by atoms with Crippen molar-refractivity contribution in [2.75, 3.05) is 6.54 Å². The average Bonchev–Trinajstić information content (AvgIpc) is 2.67. The van der Waals surface area contributed by atoms with Gasteiger partial charge in [0.25, 0.3) is 0 Å². The first kappa shape index (κ1) is 14.3. The molecule has 0 saturated carbocycles. The number of fused-ring (bicyclic) bond motifs is 1. The molecule has 2 heterocycles. The summed E-state index contributed by atoms with van der Waals surface area (Å²) in [4.78, 5) is 13.5. The monoisotopic (exact) mass is 269 g/mol. The Labute approximate surface area is 113 Å². The number of aliphatic hydroxyl groups excluding tert-OH is 2. The van der Waals surface area contributed by atoms with E-state index in [0.29, 0.717) is 19.4 Å². The second-order valence-electron chi connectivity index (χ2n) is 5.60. The number of nitrogens with zero attached hydrogens (tertiary/aromatic N) is 1. The van der Waals surface area contributed by atoms with Crippen LogP contribution < -0.4 is 0 Å². The molecule has 0 aromatic rings.